The molecule has 12 heavy (non-hydrogen) atoms. The number of methoxy groups -OCH3 is 2. The van der Waals surface area contributed by atoms with Gasteiger partial charge < -0.3 is 9.47 Å². The summed E-state index contributed by atoms with van der Waals surface area (Å²) in [6.45, 7) is 0. The Morgan fingerprint density at radius 2 is 2.17 bits per heavy atom. The van der Waals surface area contributed by atoms with Crippen molar-refractivity contribution in [1.29, 1.82) is 0 Å². The number of rotatable bonds is 3. The monoisotopic (exact) mass is 167 g/mol. The Kier molecular flexibility index (Phi) is 2.63. The highest BCUT2D eigenvalue weighted by Crippen LogP contribution is 2.22. The predicted molar refractivity (Wildman–Crippen MR) is 42.7 cm³/mol. The maximum absolute atomic E-state index is 10.6. The minimum absolute atomic E-state index is 0.282. The molecule has 0 spiro atoms. The van der Waals surface area contributed by atoms with Crippen LogP contribution >= 0.6 is 0 Å². The quantitative estimate of drug-likeness (QED) is 0.628. The SMILES string of the molecule is COc1ccnc(OC)c1C=O. The third-order valence-electron chi connectivity index (χ3n) is 1.44. The van der Waals surface area contributed by atoms with Crippen molar-refractivity contribution in [3.05, 3.63) is 17.8 Å². The van der Waals surface area contributed by atoms with E-state index in [1.54, 1.807) is 6.07 Å². The second-order valence-electron chi connectivity index (χ2n) is 2.05. The average Bonchev–Trinajstić information content (AvgIpc) is 2.16. The molecule has 0 saturated carbocycles. The first-order valence-electron chi connectivity index (χ1n) is 3.35. The fraction of sp³-hybridized carbons (Fsp3) is 0.250. The van der Waals surface area contributed by atoms with Crippen molar-refractivity contribution in [2.24, 2.45) is 0 Å². The number of nitrogens with zero attached hydrogens (tertiary/aromatic N) is 1. The van der Waals surface area contributed by atoms with E-state index < -0.39 is 0 Å². The second-order valence-corrected chi connectivity index (χ2v) is 2.05. The van der Waals surface area contributed by atoms with Crippen LogP contribution in [-0.4, -0.2) is 25.5 Å². The lowest BCUT2D eigenvalue weighted by molar-refractivity contribution is 0.111. The third-order valence-corrected chi connectivity index (χ3v) is 1.44. The van der Waals surface area contributed by atoms with Gasteiger partial charge in [0.2, 0.25) is 5.88 Å². The van der Waals surface area contributed by atoms with E-state index in [1.165, 1.54) is 20.4 Å². The zero-order chi connectivity index (χ0) is 8.97. The van der Waals surface area contributed by atoms with Crippen molar-refractivity contribution in [1.82, 2.24) is 4.98 Å². The van der Waals surface area contributed by atoms with Crippen LogP contribution in [0, 0.1) is 0 Å². The van der Waals surface area contributed by atoms with Crippen molar-refractivity contribution in [2.75, 3.05) is 14.2 Å². The van der Waals surface area contributed by atoms with Crippen LogP contribution in [0.3, 0.4) is 0 Å². The van der Waals surface area contributed by atoms with E-state index in [2.05, 4.69) is 4.98 Å². The first kappa shape index (κ1) is 8.52. The lowest BCUT2D eigenvalue weighted by atomic mass is 10.3. The molecule has 0 aromatic carbocycles. The molecule has 0 radical (unpaired) electrons. The Morgan fingerprint density at radius 3 is 2.67 bits per heavy atom. The van der Waals surface area contributed by atoms with Crippen LogP contribution < -0.4 is 9.47 Å². The molecule has 0 saturated heterocycles. The van der Waals surface area contributed by atoms with Gasteiger partial charge in [-0.05, 0) is 6.07 Å². The molecule has 0 unspecified atom stereocenters. The minimum atomic E-state index is 0.282. The van der Waals surface area contributed by atoms with Gasteiger partial charge in [0, 0.05) is 6.20 Å². The zero-order valence-electron chi connectivity index (χ0n) is 6.90. The summed E-state index contributed by atoms with van der Waals surface area (Å²) in [6, 6.07) is 1.60. The van der Waals surface area contributed by atoms with Crippen LogP contribution in [0.2, 0.25) is 0 Å². The molecule has 0 aliphatic carbocycles. The van der Waals surface area contributed by atoms with Crippen molar-refractivity contribution < 1.29 is 14.3 Å². The lowest BCUT2D eigenvalue weighted by Crippen LogP contribution is -1.97. The zero-order valence-corrected chi connectivity index (χ0v) is 6.90. The molecule has 0 N–H and O–H groups in total. The molecule has 0 fully saturated rings. The van der Waals surface area contributed by atoms with Gasteiger partial charge in [-0.1, -0.05) is 0 Å². The highest BCUT2D eigenvalue weighted by Gasteiger charge is 2.08. The molecule has 0 aliphatic rings. The summed E-state index contributed by atoms with van der Waals surface area (Å²) in [5.41, 5.74) is 0.336. The Bertz CT molecular complexity index is 263. The average molecular weight is 167 g/mol. The minimum Gasteiger partial charge on any atom is -0.496 e. The largest absolute Gasteiger partial charge is 0.496 e. The van der Waals surface area contributed by atoms with Gasteiger partial charge in [-0.3, -0.25) is 4.79 Å². The summed E-state index contributed by atoms with van der Waals surface area (Å²) in [7, 11) is 2.94. The van der Waals surface area contributed by atoms with Crippen molar-refractivity contribution in [3.8, 4) is 11.6 Å². The maximum atomic E-state index is 10.6. The number of hydrogen-bond donors (Lipinski definition) is 0. The number of aromatic nitrogens is 1. The second kappa shape index (κ2) is 3.71. The number of hydrogen-bond acceptors (Lipinski definition) is 4. The van der Waals surface area contributed by atoms with Gasteiger partial charge in [0.05, 0.1) is 14.2 Å². The molecule has 0 aliphatic heterocycles. The van der Waals surface area contributed by atoms with Gasteiger partial charge in [0.1, 0.15) is 11.3 Å². The molecule has 1 aromatic rings. The van der Waals surface area contributed by atoms with Crippen LogP contribution in [0.15, 0.2) is 12.3 Å². The molecular formula is C8H9NO3. The van der Waals surface area contributed by atoms with Gasteiger partial charge in [-0.15, -0.1) is 0 Å². The maximum Gasteiger partial charge on any atom is 0.227 e. The highest BCUT2D eigenvalue weighted by atomic mass is 16.5. The van der Waals surface area contributed by atoms with Gasteiger partial charge >= 0.3 is 0 Å². The number of carbonyl (C=O) groups is 1. The van der Waals surface area contributed by atoms with E-state index in [4.69, 9.17) is 9.47 Å². The van der Waals surface area contributed by atoms with Crippen LogP contribution in [0.4, 0.5) is 0 Å². The molecule has 0 bridgehead atoms. The van der Waals surface area contributed by atoms with Crippen LogP contribution in [0.25, 0.3) is 0 Å². The third kappa shape index (κ3) is 1.37. The number of pyridine rings is 1. The Hall–Kier alpha value is -1.58. The summed E-state index contributed by atoms with van der Waals surface area (Å²) < 4.78 is 9.78. The fourth-order valence-electron chi connectivity index (χ4n) is 0.887. The summed E-state index contributed by atoms with van der Waals surface area (Å²) in [5, 5.41) is 0. The number of carbonyl (C=O) groups excluding carboxylic acids is 1. The van der Waals surface area contributed by atoms with Gasteiger partial charge in [-0.25, -0.2) is 4.98 Å². The van der Waals surface area contributed by atoms with E-state index in [0.29, 0.717) is 17.6 Å². The molecule has 4 heteroatoms. The van der Waals surface area contributed by atoms with Crippen LogP contribution in [0.5, 0.6) is 11.6 Å². The van der Waals surface area contributed by atoms with Crippen molar-refractivity contribution in [3.63, 3.8) is 0 Å². The smallest absolute Gasteiger partial charge is 0.227 e. The summed E-state index contributed by atoms with van der Waals surface area (Å²) in [6.07, 6.45) is 2.18. The summed E-state index contributed by atoms with van der Waals surface area (Å²) in [5.74, 6) is 0.751. The Morgan fingerprint density at radius 1 is 1.42 bits per heavy atom. The fourth-order valence-corrected chi connectivity index (χ4v) is 0.887. The van der Waals surface area contributed by atoms with Gasteiger partial charge in [-0.2, -0.15) is 0 Å². The first-order valence-corrected chi connectivity index (χ1v) is 3.35. The number of ether oxygens (including phenoxy) is 2. The molecule has 1 heterocycles. The summed E-state index contributed by atoms with van der Waals surface area (Å²) in [4.78, 5) is 14.4. The van der Waals surface area contributed by atoms with Crippen LogP contribution in [0.1, 0.15) is 10.4 Å². The normalized spacial score (nSPS) is 9.17. The Labute approximate surface area is 70.1 Å². The molecule has 4 nitrogen and oxygen atoms in total. The highest BCUT2D eigenvalue weighted by molar-refractivity contribution is 5.82. The van der Waals surface area contributed by atoms with Crippen LogP contribution in [-0.2, 0) is 0 Å². The summed E-state index contributed by atoms with van der Waals surface area (Å²) >= 11 is 0. The number of aldehydes is 1. The van der Waals surface area contributed by atoms with Gasteiger partial charge in [0.15, 0.2) is 6.29 Å². The molecular weight excluding hydrogens is 158 g/mol. The van der Waals surface area contributed by atoms with Crippen molar-refractivity contribution in [2.45, 2.75) is 0 Å². The molecule has 1 rings (SSSR count). The van der Waals surface area contributed by atoms with Crippen molar-refractivity contribution >= 4 is 6.29 Å². The molecule has 0 amide bonds. The lowest BCUT2D eigenvalue weighted by Gasteiger charge is -2.05. The topological polar surface area (TPSA) is 48.4 Å². The van der Waals surface area contributed by atoms with E-state index in [9.17, 15) is 4.79 Å². The first-order chi connectivity index (χ1) is 5.83. The molecule has 64 valence electrons. The van der Waals surface area contributed by atoms with E-state index in [-0.39, 0.29) is 5.88 Å². The van der Waals surface area contributed by atoms with Gasteiger partial charge in [0.25, 0.3) is 0 Å². The molecule has 0 atom stereocenters. The predicted octanol–water partition coefficient (Wildman–Crippen LogP) is 0.911. The van der Waals surface area contributed by atoms with E-state index in [1.807, 2.05) is 0 Å². The van der Waals surface area contributed by atoms with E-state index >= 15 is 0 Å². The Balaban J connectivity index is 3.21. The molecule has 1 aromatic heterocycles. The van der Waals surface area contributed by atoms with E-state index in [0.717, 1.165) is 0 Å². The standard InChI is InChI=1S/C8H9NO3/c1-11-7-3-4-9-8(12-2)6(7)5-10/h3-5H,1-2H3.